The summed E-state index contributed by atoms with van der Waals surface area (Å²) in [6.45, 7) is 1.91. The summed E-state index contributed by atoms with van der Waals surface area (Å²) in [5.74, 6) is 0. The van der Waals surface area contributed by atoms with Gasteiger partial charge >= 0.3 is 0 Å². The third-order valence-corrected chi connectivity index (χ3v) is 1.78. The molecule has 2 N–H and O–H groups in total. The van der Waals surface area contributed by atoms with Gasteiger partial charge in [0.05, 0.1) is 5.39 Å². The molecule has 0 saturated carbocycles. The Bertz CT molecular complexity index is 459. The number of fused-ring (bicyclic) bond motifs is 1. The lowest BCUT2D eigenvalue weighted by molar-refractivity contribution is 1.06. The molecule has 0 saturated heterocycles. The van der Waals surface area contributed by atoms with Crippen LogP contribution in [0.25, 0.3) is 11.0 Å². The normalized spacial score (nSPS) is 10.4. The van der Waals surface area contributed by atoms with Gasteiger partial charge in [-0.25, -0.2) is 4.98 Å². The predicted octanol–water partition coefficient (Wildman–Crippen LogP) is -0.371. The van der Waals surface area contributed by atoms with Crippen molar-refractivity contribution in [3.63, 3.8) is 0 Å². The third kappa shape index (κ3) is 0.940. The predicted molar refractivity (Wildman–Crippen MR) is 48.0 cm³/mol. The molecule has 0 fully saturated rings. The van der Waals surface area contributed by atoms with E-state index in [2.05, 4.69) is 15.2 Å². The average molecular weight is 160 g/mol. The summed E-state index contributed by atoms with van der Waals surface area (Å²) in [6, 6.07) is 1.80. The first kappa shape index (κ1) is 7.15. The standard InChI is InChI=1S/C7H7BN3O/c1-8-4-2-5-6(9-3-4)10-11-7(5)12/h2-3H,1H3,(H2,9,10,11,12). The summed E-state index contributed by atoms with van der Waals surface area (Å²) in [5, 5.41) is 5.75. The van der Waals surface area contributed by atoms with E-state index in [4.69, 9.17) is 0 Å². The van der Waals surface area contributed by atoms with Gasteiger partial charge in [0.1, 0.15) is 7.28 Å². The second kappa shape index (κ2) is 2.51. The van der Waals surface area contributed by atoms with E-state index in [-0.39, 0.29) is 5.56 Å². The fourth-order valence-corrected chi connectivity index (χ4v) is 1.09. The molecule has 2 aromatic rings. The second-order valence-electron chi connectivity index (χ2n) is 2.53. The number of aromatic amines is 2. The van der Waals surface area contributed by atoms with Crippen molar-refractivity contribution >= 4 is 23.8 Å². The van der Waals surface area contributed by atoms with Crippen molar-refractivity contribution in [2.75, 3.05) is 0 Å². The number of hydrogen-bond donors (Lipinski definition) is 2. The molecule has 0 aromatic carbocycles. The number of H-pyrrole nitrogens is 2. The van der Waals surface area contributed by atoms with E-state index in [0.717, 1.165) is 5.46 Å². The zero-order valence-corrected chi connectivity index (χ0v) is 6.59. The second-order valence-corrected chi connectivity index (χ2v) is 2.53. The molecule has 0 unspecified atom stereocenters. The lowest BCUT2D eigenvalue weighted by atomic mass is 9.74. The molecule has 0 aliphatic carbocycles. The van der Waals surface area contributed by atoms with E-state index >= 15 is 0 Å². The Kier molecular flexibility index (Phi) is 1.50. The van der Waals surface area contributed by atoms with Gasteiger partial charge in [-0.1, -0.05) is 18.4 Å². The van der Waals surface area contributed by atoms with Crippen molar-refractivity contribution in [3.8, 4) is 0 Å². The summed E-state index contributed by atoms with van der Waals surface area (Å²) >= 11 is 0. The topological polar surface area (TPSA) is 61.5 Å². The van der Waals surface area contributed by atoms with Crippen LogP contribution < -0.4 is 11.0 Å². The molecule has 4 nitrogen and oxygen atoms in total. The first-order valence-corrected chi connectivity index (χ1v) is 3.67. The number of rotatable bonds is 1. The van der Waals surface area contributed by atoms with Crippen LogP contribution in [-0.4, -0.2) is 22.5 Å². The monoisotopic (exact) mass is 160 g/mol. The Balaban J connectivity index is 2.80. The minimum atomic E-state index is -0.124. The smallest absolute Gasteiger partial charge is 0.273 e. The quantitative estimate of drug-likeness (QED) is 0.559. The van der Waals surface area contributed by atoms with Crippen molar-refractivity contribution in [2.24, 2.45) is 0 Å². The zero-order valence-electron chi connectivity index (χ0n) is 6.59. The van der Waals surface area contributed by atoms with Gasteiger partial charge in [-0.05, 0) is 0 Å². The number of nitrogens with zero attached hydrogens (tertiary/aromatic N) is 1. The van der Waals surface area contributed by atoms with Crippen LogP contribution in [0.2, 0.25) is 6.82 Å². The minimum absolute atomic E-state index is 0.124. The largest absolute Gasteiger partial charge is 0.281 e. The van der Waals surface area contributed by atoms with Gasteiger partial charge in [-0.3, -0.25) is 15.0 Å². The van der Waals surface area contributed by atoms with Gasteiger partial charge in [0, 0.05) is 6.20 Å². The molecule has 0 spiro atoms. The summed E-state index contributed by atoms with van der Waals surface area (Å²) in [7, 11) is 1.90. The van der Waals surface area contributed by atoms with Crippen LogP contribution >= 0.6 is 0 Å². The molecular weight excluding hydrogens is 153 g/mol. The third-order valence-electron chi connectivity index (χ3n) is 1.78. The molecule has 1 radical (unpaired) electrons. The molecule has 0 aliphatic rings. The molecule has 2 heterocycles. The summed E-state index contributed by atoms with van der Waals surface area (Å²) in [4.78, 5) is 15.2. The molecule has 0 aliphatic heterocycles. The summed E-state index contributed by atoms with van der Waals surface area (Å²) < 4.78 is 0. The maximum absolute atomic E-state index is 11.1. The van der Waals surface area contributed by atoms with E-state index < -0.39 is 0 Å². The molecular formula is C7H7BN3O. The number of nitrogens with one attached hydrogen (secondary N) is 2. The Morgan fingerprint density at radius 2 is 2.33 bits per heavy atom. The van der Waals surface area contributed by atoms with Crippen LogP contribution in [0.15, 0.2) is 17.1 Å². The molecule has 5 heteroatoms. The average Bonchev–Trinajstić information content (AvgIpc) is 2.47. The zero-order chi connectivity index (χ0) is 8.55. The van der Waals surface area contributed by atoms with Gasteiger partial charge in [0.15, 0.2) is 5.65 Å². The molecule has 12 heavy (non-hydrogen) atoms. The number of hydrogen-bond acceptors (Lipinski definition) is 2. The first-order valence-electron chi connectivity index (χ1n) is 3.67. The number of aromatic nitrogens is 3. The minimum Gasteiger partial charge on any atom is -0.281 e. The summed E-state index contributed by atoms with van der Waals surface area (Å²) in [5.41, 5.74) is 1.43. The highest BCUT2D eigenvalue weighted by molar-refractivity contribution is 6.52. The fraction of sp³-hybridized carbons (Fsp3) is 0.143. The Labute approximate surface area is 69.2 Å². The lowest BCUT2D eigenvalue weighted by Crippen LogP contribution is -2.12. The molecule has 0 amide bonds. The van der Waals surface area contributed by atoms with Crippen molar-refractivity contribution in [2.45, 2.75) is 6.82 Å². The van der Waals surface area contributed by atoms with Crippen molar-refractivity contribution < 1.29 is 0 Å². The maximum atomic E-state index is 11.1. The number of pyridine rings is 1. The SMILES string of the molecule is C[B]c1cnc2[nH][nH]c(=O)c2c1. The Morgan fingerprint density at radius 1 is 1.50 bits per heavy atom. The maximum Gasteiger partial charge on any atom is 0.273 e. The van der Waals surface area contributed by atoms with Crippen molar-refractivity contribution in [1.82, 2.24) is 15.2 Å². The van der Waals surface area contributed by atoms with E-state index in [1.807, 2.05) is 14.1 Å². The van der Waals surface area contributed by atoms with Gasteiger partial charge in [-0.2, -0.15) is 0 Å². The van der Waals surface area contributed by atoms with E-state index in [1.54, 1.807) is 12.3 Å². The fourth-order valence-electron chi connectivity index (χ4n) is 1.09. The van der Waals surface area contributed by atoms with Crippen LogP contribution in [0, 0.1) is 0 Å². The van der Waals surface area contributed by atoms with E-state index in [1.165, 1.54) is 0 Å². The summed E-state index contributed by atoms with van der Waals surface area (Å²) in [6.07, 6.45) is 1.71. The van der Waals surface area contributed by atoms with Gasteiger partial charge in [0.25, 0.3) is 5.56 Å². The van der Waals surface area contributed by atoms with Crippen LogP contribution in [-0.2, 0) is 0 Å². The highest BCUT2D eigenvalue weighted by Crippen LogP contribution is 1.97. The van der Waals surface area contributed by atoms with Gasteiger partial charge in [-0.15, -0.1) is 0 Å². The molecule has 2 rings (SSSR count). The van der Waals surface area contributed by atoms with Crippen LogP contribution in [0.1, 0.15) is 0 Å². The first-order chi connectivity index (χ1) is 5.81. The van der Waals surface area contributed by atoms with Crippen LogP contribution in [0.5, 0.6) is 0 Å². The highest BCUT2D eigenvalue weighted by Gasteiger charge is 2.01. The Hall–Kier alpha value is -1.52. The van der Waals surface area contributed by atoms with Gasteiger partial charge < -0.3 is 0 Å². The molecule has 0 atom stereocenters. The molecule has 59 valence electrons. The van der Waals surface area contributed by atoms with E-state index in [9.17, 15) is 4.79 Å². The molecule has 2 aromatic heterocycles. The van der Waals surface area contributed by atoms with E-state index in [0.29, 0.717) is 11.0 Å². The highest BCUT2D eigenvalue weighted by atomic mass is 16.1. The van der Waals surface area contributed by atoms with Crippen molar-refractivity contribution in [3.05, 3.63) is 22.6 Å². The molecule has 0 bridgehead atoms. The van der Waals surface area contributed by atoms with Crippen LogP contribution in [0.3, 0.4) is 0 Å². The van der Waals surface area contributed by atoms with Gasteiger partial charge in [0.2, 0.25) is 0 Å². The van der Waals surface area contributed by atoms with Crippen molar-refractivity contribution in [1.29, 1.82) is 0 Å². The Morgan fingerprint density at radius 3 is 3.08 bits per heavy atom. The lowest BCUT2D eigenvalue weighted by Gasteiger charge is -1.91. The van der Waals surface area contributed by atoms with Crippen LogP contribution in [0.4, 0.5) is 0 Å².